The average molecular weight is 452 g/mol. The Balaban J connectivity index is 1.60. The molecule has 0 unspecified atom stereocenters. The second-order valence-corrected chi connectivity index (χ2v) is 8.47. The fourth-order valence-corrected chi connectivity index (χ4v) is 4.27. The molecule has 1 heterocycles. The second kappa shape index (κ2) is 10.2. The summed E-state index contributed by atoms with van der Waals surface area (Å²) >= 11 is 6.51. The molecule has 158 valence electrons. The number of carbonyl (C=O) groups excluding carboxylic acids is 3. The van der Waals surface area contributed by atoms with E-state index in [0.717, 1.165) is 11.1 Å². The van der Waals surface area contributed by atoms with E-state index < -0.39 is 5.97 Å². The summed E-state index contributed by atoms with van der Waals surface area (Å²) in [6, 6.07) is 15.6. The molecule has 2 amide bonds. The third-order valence-electron chi connectivity index (χ3n) is 4.37. The number of nitrogens with zero attached hydrogens (tertiary/aromatic N) is 1. The van der Waals surface area contributed by atoms with E-state index in [1.54, 1.807) is 12.1 Å². The van der Waals surface area contributed by atoms with Gasteiger partial charge in [-0.1, -0.05) is 72.5 Å². The highest BCUT2D eigenvalue weighted by Gasteiger charge is 2.32. The highest BCUT2D eigenvalue weighted by Crippen LogP contribution is 2.32. The van der Waals surface area contributed by atoms with E-state index in [2.05, 4.69) is 5.32 Å². The molecule has 0 aliphatic carbocycles. The molecular formula is C23H19N2O4S2-. The van der Waals surface area contributed by atoms with Crippen molar-refractivity contribution in [1.29, 1.82) is 0 Å². The van der Waals surface area contributed by atoms with Gasteiger partial charge in [0.05, 0.1) is 10.9 Å². The maximum absolute atomic E-state index is 12.7. The smallest absolute Gasteiger partial charge is 0.266 e. The molecule has 3 rings (SSSR count). The summed E-state index contributed by atoms with van der Waals surface area (Å²) in [4.78, 5) is 37.8. The zero-order valence-electron chi connectivity index (χ0n) is 16.7. The van der Waals surface area contributed by atoms with Crippen LogP contribution in [0.5, 0.6) is 0 Å². The molecule has 1 N–H and O–H groups in total. The summed E-state index contributed by atoms with van der Waals surface area (Å²) in [5.41, 5.74) is 2.26. The van der Waals surface area contributed by atoms with Gasteiger partial charge >= 0.3 is 0 Å². The fraction of sp³-hybridized carbons (Fsp3) is 0.130. The normalized spacial score (nSPS) is 15.5. The number of rotatable bonds is 7. The van der Waals surface area contributed by atoms with Crippen LogP contribution in [0.25, 0.3) is 6.08 Å². The molecule has 2 aromatic rings. The van der Waals surface area contributed by atoms with E-state index >= 15 is 0 Å². The summed E-state index contributed by atoms with van der Waals surface area (Å²) in [6.45, 7) is 2.04. The molecule has 0 spiro atoms. The molecule has 8 heteroatoms. The Kier molecular flexibility index (Phi) is 7.38. The quantitative estimate of drug-likeness (QED) is 0.514. The Bertz CT molecular complexity index is 1090. The highest BCUT2D eigenvalue weighted by atomic mass is 32.2. The van der Waals surface area contributed by atoms with E-state index in [9.17, 15) is 19.5 Å². The number of nitrogens with one attached hydrogen (secondary N) is 1. The number of carbonyl (C=O) groups is 3. The Hall–Kier alpha value is -3.23. The first-order chi connectivity index (χ1) is 14.8. The summed E-state index contributed by atoms with van der Waals surface area (Å²) in [6.07, 6.45) is 3.78. The van der Waals surface area contributed by atoms with Crippen molar-refractivity contribution >= 4 is 57.8 Å². The molecular weight excluding hydrogens is 432 g/mol. The minimum absolute atomic E-state index is 0.0219. The van der Waals surface area contributed by atoms with Crippen LogP contribution in [-0.2, 0) is 9.59 Å². The number of thioether (sulfide) groups is 1. The predicted molar refractivity (Wildman–Crippen MR) is 124 cm³/mol. The lowest BCUT2D eigenvalue weighted by molar-refractivity contribution is -0.255. The molecule has 0 radical (unpaired) electrons. The van der Waals surface area contributed by atoms with Gasteiger partial charge < -0.3 is 15.2 Å². The molecule has 1 fully saturated rings. The molecule has 0 bridgehead atoms. The summed E-state index contributed by atoms with van der Waals surface area (Å²) in [5, 5.41) is 13.5. The standard InChI is InChI=1S/C23H20N2O4S2/c1-15(12-16-6-3-2-4-7-16)13-19-21(27)25(23(30)31-19)11-10-20(26)24-18-9-5-8-17(14-18)22(28)29/h2-9,12-14H,10-11H2,1H3,(H,24,26)(H,28,29)/p-1/b15-12+,19-13-. The number of allylic oxidation sites excluding steroid dienone is 2. The van der Waals surface area contributed by atoms with Gasteiger partial charge in [0.25, 0.3) is 5.91 Å². The molecule has 1 aliphatic heterocycles. The van der Waals surface area contributed by atoms with Crippen LogP contribution in [0.4, 0.5) is 5.69 Å². The van der Waals surface area contributed by atoms with Crippen LogP contribution in [-0.4, -0.2) is 33.5 Å². The van der Waals surface area contributed by atoms with Crippen molar-refractivity contribution in [1.82, 2.24) is 4.90 Å². The van der Waals surface area contributed by atoms with E-state index in [0.29, 0.717) is 14.9 Å². The zero-order chi connectivity index (χ0) is 22.4. The summed E-state index contributed by atoms with van der Waals surface area (Å²) < 4.78 is 0.399. The van der Waals surface area contributed by atoms with Crippen LogP contribution in [0.1, 0.15) is 29.3 Å². The van der Waals surface area contributed by atoms with Crippen molar-refractivity contribution in [2.24, 2.45) is 0 Å². The van der Waals surface area contributed by atoms with Crippen molar-refractivity contribution in [3.8, 4) is 0 Å². The number of hydrogen-bond donors (Lipinski definition) is 1. The Morgan fingerprint density at radius 3 is 2.61 bits per heavy atom. The zero-order valence-corrected chi connectivity index (χ0v) is 18.3. The SMILES string of the molecule is CC(/C=C1\SC(=S)N(CCC(=O)Nc2cccc(C(=O)[O-])c2)C1=O)=C\c1ccccc1. The minimum Gasteiger partial charge on any atom is -0.545 e. The maximum atomic E-state index is 12.7. The van der Waals surface area contributed by atoms with Gasteiger partial charge in [-0.15, -0.1) is 0 Å². The van der Waals surface area contributed by atoms with Gasteiger partial charge in [-0.25, -0.2) is 0 Å². The third kappa shape index (κ3) is 6.13. The first kappa shape index (κ1) is 22.5. The van der Waals surface area contributed by atoms with E-state index in [1.807, 2.05) is 43.3 Å². The Morgan fingerprint density at radius 2 is 1.90 bits per heavy atom. The largest absolute Gasteiger partial charge is 0.545 e. The van der Waals surface area contributed by atoms with Gasteiger partial charge in [-0.05, 0) is 41.8 Å². The number of benzene rings is 2. The van der Waals surface area contributed by atoms with E-state index in [4.69, 9.17) is 12.2 Å². The monoisotopic (exact) mass is 451 g/mol. The number of aromatic carboxylic acids is 1. The number of thiocarbonyl (C=S) groups is 1. The molecule has 0 atom stereocenters. The lowest BCUT2D eigenvalue weighted by Crippen LogP contribution is -2.31. The first-order valence-electron chi connectivity index (χ1n) is 9.43. The minimum atomic E-state index is -1.32. The van der Waals surface area contributed by atoms with Crippen molar-refractivity contribution < 1.29 is 19.5 Å². The molecule has 1 saturated heterocycles. The molecule has 1 aliphatic rings. The van der Waals surface area contributed by atoms with Gasteiger partial charge in [-0.2, -0.15) is 0 Å². The predicted octanol–water partition coefficient (Wildman–Crippen LogP) is 3.23. The highest BCUT2D eigenvalue weighted by molar-refractivity contribution is 8.26. The third-order valence-corrected chi connectivity index (χ3v) is 5.75. The van der Waals surface area contributed by atoms with E-state index in [-0.39, 0.29) is 30.3 Å². The van der Waals surface area contributed by atoms with Crippen molar-refractivity contribution in [2.45, 2.75) is 13.3 Å². The van der Waals surface area contributed by atoms with Crippen LogP contribution in [0.3, 0.4) is 0 Å². The molecule has 6 nitrogen and oxygen atoms in total. The lowest BCUT2D eigenvalue weighted by atomic mass is 10.1. The van der Waals surface area contributed by atoms with Crippen LogP contribution in [0, 0.1) is 0 Å². The van der Waals surface area contributed by atoms with Crippen molar-refractivity contribution in [3.05, 3.63) is 82.3 Å². The molecule has 31 heavy (non-hydrogen) atoms. The van der Waals surface area contributed by atoms with Crippen LogP contribution in [0.15, 0.2) is 71.2 Å². The fourth-order valence-electron chi connectivity index (χ4n) is 2.91. The van der Waals surface area contributed by atoms with Crippen LogP contribution < -0.4 is 10.4 Å². The number of anilines is 1. The van der Waals surface area contributed by atoms with Gasteiger partial charge in [0.1, 0.15) is 4.32 Å². The van der Waals surface area contributed by atoms with Crippen molar-refractivity contribution in [3.63, 3.8) is 0 Å². The van der Waals surface area contributed by atoms with Gasteiger partial charge in [0.2, 0.25) is 5.91 Å². The summed E-state index contributed by atoms with van der Waals surface area (Å²) in [5.74, 6) is -1.91. The summed E-state index contributed by atoms with van der Waals surface area (Å²) in [7, 11) is 0. The number of carboxylic acids is 1. The van der Waals surface area contributed by atoms with Crippen LogP contribution in [0.2, 0.25) is 0 Å². The van der Waals surface area contributed by atoms with Crippen molar-refractivity contribution in [2.75, 3.05) is 11.9 Å². The first-order valence-corrected chi connectivity index (χ1v) is 10.7. The molecule has 0 aromatic heterocycles. The number of carboxylic acid groups (broad SMARTS) is 1. The Labute approximate surface area is 189 Å². The molecule has 2 aromatic carbocycles. The Morgan fingerprint density at radius 1 is 1.16 bits per heavy atom. The second-order valence-electron chi connectivity index (χ2n) is 6.80. The maximum Gasteiger partial charge on any atom is 0.266 e. The topological polar surface area (TPSA) is 89.5 Å². The average Bonchev–Trinajstić information content (AvgIpc) is 2.99. The molecule has 0 saturated carbocycles. The number of amides is 2. The van der Waals surface area contributed by atoms with Gasteiger partial charge in [-0.3, -0.25) is 14.5 Å². The van der Waals surface area contributed by atoms with Gasteiger partial charge in [0.15, 0.2) is 0 Å². The van der Waals surface area contributed by atoms with Gasteiger partial charge in [0, 0.05) is 18.7 Å². The van der Waals surface area contributed by atoms with Crippen LogP contribution >= 0.6 is 24.0 Å². The lowest BCUT2D eigenvalue weighted by Gasteiger charge is -2.14. The number of hydrogen-bond acceptors (Lipinski definition) is 6. The van der Waals surface area contributed by atoms with E-state index in [1.165, 1.54) is 34.9 Å².